The molecule has 0 saturated carbocycles. The van der Waals surface area contributed by atoms with Crippen molar-refractivity contribution < 1.29 is 38.2 Å². The van der Waals surface area contributed by atoms with Gasteiger partial charge in [0.25, 0.3) is 11.8 Å². The summed E-state index contributed by atoms with van der Waals surface area (Å²) >= 11 is 2.55. The van der Waals surface area contributed by atoms with E-state index in [4.69, 9.17) is 14.2 Å². The van der Waals surface area contributed by atoms with Crippen molar-refractivity contribution in [1.82, 2.24) is 10.2 Å². The molecule has 5 rings (SSSR count). The number of para-hydroxylation sites is 1. The Balaban J connectivity index is 1.33. The van der Waals surface area contributed by atoms with Crippen molar-refractivity contribution in [3.8, 4) is 5.75 Å². The summed E-state index contributed by atoms with van der Waals surface area (Å²) in [4.78, 5) is 69.6. The number of esters is 1. The molecule has 1 aliphatic rings. The number of methoxy groups -OCH3 is 1. The number of anilines is 2. The van der Waals surface area contributed by atoms with Crippen molar-refractivity contribution in [1.29, 1.82) is 0 Å². The third-order valence-corrected chi connectivity index (χ3v) is 10.9. The van der Waals surface area contributed by atoms with Crippen LogP contribution in [0.25, 0.3) is 6.08 Å². The van der Waals surface area contributed by atoms with Gasteiger partial charge in [-0.1, -0.05) is 49.4 Å². The number of amides is 4. The van der Waals surface area contributed by atoms with Crippen molar-refractivity contribution in [3.05, 3.63) is 112 Å². The molecule has 14 heteroatoms. The van der Waals surface area contributed by atoms with Crippen LogP contribution in [0.1, 0.15) is 77.8 Å². The second-order valence-corrected chi connectivity index (χ2v) is 16.1. The molecule has 4 amide bonds. The molecule has 1 unspecified atom stereocenters. The number of carbonyl (C=O) groups excluding carboxylic acids is 5. The molecule has 0 bridgehead atoms. The van der Waals surface area contributed by atoms with Gasteiger partial charge in [0.15, 0.2) is 0 Å². The Hall–Kier alpha value is -5.60. The Labute approximate surface area is 335 Å². The number of fused-ring (bicyclic) bond motifs is 1. The summed E-state index contributed by atoms with van der Waals surface area (Å²) < 4.78 is 16.4. The van der Waals surface area contributed by atoms with E-state index in [0.29, 0.717) is 64.0 Å². The highest BCUT2D eigenvalue weighted by Crippen LogP contribution is 2.39. The van der Waals surface area contributed by atoms with Crippen LogP contribution in [-0.4, -0.2) is 65.8 Å². The normalized spacial score (nSPS) is 13.2. The van der Waals surface area contributed by atoms with Crippen molar-refractivity contribution in [3.63, 3.8) is 0 Å². The highest BCUT2D eigenvalue weighted by Gasteiger charge is 2.33. The largest absolute Gasteiger partial charge is 0.493 e. The van der Waals surface area contributed by atoms with Crippen LogP contribution in [0.3, 0.4) is 0 Å². The van der Waals surface area contributed by atoms with Crippen LogP contribution in [-0.2, 0) is 32.0 Å². The zero-order valence-corrected chi connectivity index (χ0v) is 33.9. The molecule has 4 aromatic rings. The second kappa shape index (κ2) is 18.8. The molecule has 294 valence electrons. The molecule has 3 N–H and O–H groups in total. The first-order chi connectivity index (χ1) is 26.8. The van der Waals surface area contributed by atoms with Crippen LogP contribution in [0.4, 0.5) is 15.5 Å². The molecular weight excluding hydrogens is 753 g/mol. The van der Waals surface area contributed by atoms with E-state index in [1.807, 2.05) is 32.0 Å². The summed E-state index contributed by atoms with van der Waals surface area (Å²) in [5.41, 5.74) is 1.83. The van der Waals surface area contributed by atoms with Crippen molar-refractivity contribution >= 4 is 69.6 Å². The number of nitrogens with one attached hydrogen (secondary N) is 3. The average Bonchev–Trinajstić information content (AvgIpc) is 3.53. The van der Waals surface area contributed by atoms with Gasteiger partial charge in [-0.3, -0.25) is 14.4 Å². The first kappa shape index (κ1) is 41.6. The minimum atomic E-state index is -0.655. The van der Waals surface area contributed by atoms with Gasteiger partial charge in [0.2, 0.25) is 5.91 Å². The first-order valence-corrected chi connectivity index (χ1v) is 19.9. The van der Waals surface area contributed by atoms with Crippen LogP contribution >= 0.6 is 23.1 Å². The molecule has 56 heavy (non-hydrogen) atoms. The van der Waals surface area contributed by atoms with Gasteiger partial charge in [-0.15, -0.1) is 23.1 Å². The number of carbonyl (C=O) groups is 5. The van der Waals surface area contributed by atoms with Gasteiger partial charge >= 0.3 is 12.1 Å². The van der Waals surface area contributed by atoms with Crippen LogP contribution in [0.15, 0.2) is 89.5 Å². The molecule has 3 aromatic carbocycles. The van der Waals surface area contributed by atoms with E-state index < -0.39 is 34.7 Å². The number of hydrogen-bond acceptors (Lipinski definition) is 10. The first-order valence-electron chi connectivity index (χ1n) is 18.2. The third kappa shape index (κ3) is 10.8. The Morgan fingerprint density at radius 2 is 1.68 bits per heavy atom. The highest BCUT2D eigenvalue weighted by atomic mass is 32.2. The maximum absolute atomic E-state index is 13.8. The van der Waals surface area contributed by atoms with E-state index >= 15 is 0 Å². The Morgan fingerprint density at radius 3 is 2.38 bits per heavy atom. The quantitative estimate of drug-likeness (QED) is 0.0692. The maximum atomic E-state index is 13.8. The summed E-state index contributed by atoms with van der Waals surface area (Å²) in [6.07, 6.45) is 1.98. The topological polar surface area (TPSA) is 152 Å². The molecule has 0 saturated heterocycles. The predicted octanol–water partition coefficient (Wildman–Crippen LogP) is 8.15. The monoisotopic (exact) mass is 798 g/mol. The fraction of sp³-hybridized carbons (Fsp3) is 0.310. The zero-order chi connectivity index (χ0) is 40.4. The standard InChI is InChI=1S/C42H46N4O8S2/c1-7-33(38(49)45-39-35(40(50)52-6)30-21-22-46(25-34(30)56-39)41(51)54-42(3,4)5)55-29-19-14-18-28(24-29)43-37(48)31(44-36(47)26-15-10-9-11-16-26)23-27-17-12-13-20-32(27)53-8-2/h9-20,23-24,33H,7-8,21-22,25H2,1-6H3,(H,43,48)(H,44,47)(H,45,49)/b31-23+. The number of benzene rings is 3. The molecular formula is C42H46N4O8S2. The molecule has 0 fully saturated rings. The molecule has 1 aromatic heterocycles. The Kier molecular flexibility index (Phi) is 14.0. The lowest BCUT2D eigenvalue weighted by atomic mass is 10.0. The van der Waals surface area contributed by atoms with Crippen LogP contribution in [0, 0.1) is 0 Å². The van der Waals surface area contributed by atoms with Gasteiger partial charge in [-0.2, -0.15) is 0 Å². The second-order valence-electron chi connectivity index (χ2n) is 13.7. The fourth-order valence-corrected chi connectivity index (χ4v) is 8.07. The fourth-order valence-electron chi connectivity index (χ4n) is 5.80. The lowest BCUT2D eigenvalue weighted by Gasteiger charge is -2.30. The van der Waals surface area contributed by atoms with Crippen LogP contribution < -0.4 is 20.7 Å². The number of thioether (sulfide) groups is 1. The lowest BCUT2D eigenvalue weighted by molar-refractivity contribution is -0.116. The molecule has 2 heterocycles. The van der Waals surface area contributed by atoms with E-state index in [2.05, 4.69) is 16.0 Å². The zero-order valence-electron chi connectivity index (χ0n) is 32.2. The predicted molar refractivity (Wildman–Crippen MR) is 219 cm³/mol. The average molecular weight is 799 g/mol. The number of hydrogen-bond donors (Lipinski definition) is 3. The van der Waals surface area contributed by atoms with E-state index in [1.54, 1.807) is 92.4 Å². The molecule has 0 aliphatic carbocycles. The molecule has 1 aliphatic heterocycles. The SMILES string of the molecule is CCOc1ccccc1/C=C(/NC(=O)c1ccccc1)C(=O)Nc1cccc(SC(CC)C(=O)Nc2sc3c(c2C(=O)OC)CCN(C(=O)OC(C)(C)C)C3)c1. The van der Waals surface area contributed by atoms with Gasteiger partial charge in [0, 0.05) is 33.1 Å². The number of thiophene rings is 1. The van der Waals surface area contributed by atoms with E-state index in [1.165, 1.54) is 30.2 Å². The summed E-state index contributed by atoms with van der Waals surface area (Å²) in [5, 5.41) is 8.40. The molecule has 0 spiro atoms. The highest BCUT2D eigenvalue weighted by molar-refractivity contribution is 8.00. The molecule has 12 nitrogen and oxygen atoms in total. The van der Waals surface area contributed by atoms with Gasteiger partial charge in [0.05, 0.1) is 31.1 Å². The summed E-state index contributed by atoms with van der Waals surface area (Å²) in [6, 6.07) is 22.9. The van der Waals surface area contributed by atoms with E-state index in [9.17, 15) is 24.0 Å². The van der Waals surface area contributed by atoms with Crippen LogP contribution in [0.2, 0.25) is 0 Å². The summed E-state index contributed by atoms with van der Waals surface area (Å²) in [7, 11) is 1.29. The van der Waals surface area contributed by atoms with Crippen molar-refractivity contribution in [2.24, 2.45) is 0 Å². The van der Waals surface area contributed by atoms with Gasteiger partial charge < -0.3 is 35.1 Å². The Bertz CT molecular complexity index is 2110. The minimum absolute atomic E-state index is 0.00384. The maximum Gasteiger partial charge on any atom is 0.410 e. The van der Waals surface area contributed by atoms with Gasteiger partial charge in [-0.25, -0.2) is 9.59 Å². The molecule has 1 atom stereocenters. The number of rotatable bonds is 13. The number of ether oxygens (including phenoxy) is 3. The van der Waals surface area contributed by atoms with Gasteiger partial charge in [0.1, 0.15) is 22.0 Å². The minimum Gasteiger partial charge on any atom is -0.493 e. The lowest BCUT2D eigenvalue weighted by Crippen LogP contribution is -2.39. The van der Waals surface area contributed by atoms with E-state index in [0.717, 1.165) is 10.4 Å². The van der Waals surface area contributed by atoms with Crippen molar-refractivity contribution in [2.45, 2.75) is 69.8 Å². The van der Waals surface area contributed by atoms with Gasteiger partial charge in [-0.05, 0) is 88.6 Å². The number of nitrogens with zero attached hydrogens (tertiary/aromatic N) is 1. The summed E-state index contributed by atoms with van der Waals surface area (Å²) in [5.74, 6) is -1.34. The van der Waals surface area contributed by atoms with E-state index in [-0.39, 0.29) is 18.1 Å². The molecule has 0 radical (unpaired) electrons. The smallest absolute Gasteiger partial charge is 0.410 e. The third-order valence-electron chi connectivity index (χ3n) is 8.42. The van der Waals surface area contributed by atoms with Crippen molar-refractivity contribution in [2.75, 3.05) is 30.9 Å². The summed E-state index contributed by atoms with van der Waals surface area (Å²) in [6.45, 7) is 10.2. The Morgan fingerprint density at radius 1 is 0.946 bits per heavy atom. The van der Waals surface area contributed by atoms with Crippen LogP contribution in [0.5, 0.6) is 5.75 Å².